The van der Waals surface area contributed by atoms with E-state index in [0.29, 0.717) is 22.7 Å². The molecule has 2 aromatic carbocycles. The van der Waals surface area contributed by atoms with Gasteiger partial charge in [0.1, 0.15) is 23.7 Å². The molecule has 2 N–H and O–H groups in total. The number of ether oxygens (including phenoxy) is 1. The standard InChI is InChI=1S/C24H30FN5O3S/c1-7-15(3)28-24(31)16(4)33-21-11-17(25)8-9-19(21)29-23-22-14(2)10-18(30-34(5,6)32)12-20(22)26-13-27-23/h8-13,15-16H,7H2,1-6H3,(H,28,31)(H,26,27,29)/t15?,16-/m1/s1. The van der Waals surface area contributed by atoms with E-state index in [0.717, 1.165) is 17.4 Å². The number of nitrogens with zero attached hydrogens (tertiary/aromatic N) is 3. The summed E-state index contributed by atoms with van der Waals surface area (Å²) in [4.78, 5) is 21.1. The summed E-state index contributed by atoms with van der Waals surface area (Å²) in [7, 11) is -2.33. The van der Waals surface area contributed by atoms with E-state index in [2.05, 4.69) is 25.0 Å². The molecule has 0 radical (unpaired) electrons. The molecule has 10 heteroatoms. The van der Waals surface area contributed by atoms with Gasteiger partial charge in [0.2, 0.25) is 0 Å². The minimum absolute atomic E-state index is 0.00410. The van der Waals surface area contributed by atoms with Crippen LogP contribution in [-0.2, 0) is 14.5 Å². The molecule has 34 heavy (non-hydrogen) atoms. The molecular weight excluding hydrogens is 457 g/mol. The molecule has 0 aliphatic heterocycles. The first-order valence-electron chi connectivity index (χ1n) is 10.9. The molecule has 1 heterocycles. The molecule has 1 aromatic heterocycles. The second-order valence-corrected chi connectivity index (χ2v) is 11.0. The van der Waals surface area contributed by atoms with Gasteiger partial charge in [0.15, 0.2) is 6.10 Å². The second-order valence-electron chi connectivity index (χ2n) is 8.50. The zero-order valence-corrected chi connectivity index (χ0v) is 21.0. The summed E-state index contributed by atoms with van der Waals surface area (Å²) < 4.78 is 36.2. The van der Waals surface area contributed by atoms with Gasteiger partial charge in [0.25, 0.3) is 5.91 Å². The van der Waals surface area contributed by atoms with Gasteiger partial charge >= 0.3 is 0 Å². The van der Waals surface area contributed by atoms with E-state index >= 15 is 0 Å². The predicted octanol–water partition coefficient (Wildman–Crippen LogP) is 4.86. The van der Waals surface area contributed by atoms with Crippen molar-refractivity contribution >= 4 is 43.7 Å². The topological polar surface area (TPSA) is 106 Å². The number of nitrogens with one attached hydrogen (secondary N) is 2. The molecule has 0 spiro atoms. The fourth-order valence-electron chi connectivity index (χ4n) is 3.31. The number of amides is 1. The van der Waals surface area contributed by atoms with Crippen molar-refractivity contribution in [2.75, 3.05) is 17.8 Å². The van der Waals surface area contributed by atoms with Gasteiger partial charge in [-0.15, -0.1) is 0 Å². The molecule has 1 unspecified atom stereocenters. The number of carbonyl (C=O) groups is 1. The van der Waals surface area contributed by atoms with Crippen molar-refractivity contribution in [1.29, 1.82) is 0 Å². The molecule has 0 aliphatic rings. The number of hydrogen-bond acceptors (Lipinski definition) is 7. The van der Waals surface area contributed by atoms with Gasteiger partial charge in [-0.05, 0) is 57.0 Å². The van der Waals surface area contributed by atoms with E-state index in [9.17, 15) is 13.4 Å². The summed E-state index contributed by atoms with van der Waals surface area (Å²) in [6, 6.07) is 7.61. The van der Waals surface area contributed by atoms with E-state index in [1.807, 2.05) is 26.8 Å². The van der Waals surface area contributed by atoms with E-state index < -0.39 is 21.7 Å². The van der Waals surface area contributed by atoms with Crippen LogP contribution in [-0.4, -0.2) is 44.7 Å². The number of hydrogen-bond donors (Lipinski definition) is 2. The van der Waals surface area contributed by atoms with E-state index in [4.69, 9.17) is 4.74 Å². The largest absolute Gasteiger partial charge is 0.479 e. The molecule has 3 rings (SSSR count). The molecule has 182 valence electrons. The van der Waals surface area contributed by atoms with Crippen molar-refractivity contribution in [1.82, 2.24) is 15.3 Å². The first kappa shape index (κ1) is 25.4. The number of benzene rings is 2. The molecule has 1 amide bonds. The maximum atomic E-state index is 14.0. The van der Waals surface area contributed by atoms with Crippen LogP contribution in [0.4, 0.5) is 21.6 Å². The molecular formula is C24H30FN5O3S. The number of halogens is 1. The highest BCUT2D eigenvalue weighted by Crippen LogP contribution is 2.34. The maximum Gasteiger partial charge on any atom is 0.260 e. The van der Waals surface area contributed by atoms with Crippen LogP contribution in [0.25, 0.3) is 10.9 Å². The van der Waals surface area contributed by atoms with Crippen LogP contribution in [0.5, 0.6) is 5.75 Å². The van der Waals surface area contributed by atoms with Crippen LogP contribution in [0.15, 0.2) is 41.0 Å². The van der Waals surface area contributed by atoms with E-state index in [-0.39, 0.29) is 17.7 Å². The maximum absolute atomic E-state index is 14.0. The quantitative estimate of drug-likeness (QED) is 0.470. The van der Waals surface area contributed by atoms with Gasteiger partial charge in [-0.1, -0.05) is 6.92 Å². The second kappa shape index (κ2) is 10.3. The van der Waals surface area contributed by atoms with Crippen LogP contribution in [0.3, 0.4) is 0 Å². The minimum atomic E-state index is -2.33. The number of anilines is 2. The lowest BCUT2D eigenvalue weighted by Crippen LogP contribution is -2.41. The molecule has 3 aromatic rings. The van der Waals surface area contributed by atoms with Gasteiger partial charge in [0, 0.05) is 39.7 Å². The van der Waals surface area contributed by atoms with Crippen molar-refractivity contribution in [2.24, 2.45) is 4.36 Å². The van der Waals surface area contributed by atoms with Gasteiger partial charge < -0.3 is 15.4 Å². The summed E-state index contributed by atoms with van der Waals surface area (Å²) in [6.07, 6.45) is 4.49. The highest BCUT2D eigenvalue weighted by atomic mass is 32.2. The Hall–Kier alpha value is -3.27. The Kier molecular flexibility index (Phi) is 7.71. The van der Waals surface area contributed by atoms with Crippen LogP contribution >= 0.6 is 0 Å². The molecule has 0 saturated carbocycles. The lowest BCUT2D eigenvalue weighted by molar-refractivity contribution is -0.127. The van der Waals surface area contributed by atoms with Crippen molar-refractivity contribution in [3.63, 3.8) is 0 Å². The molecule has 0 saturated heterocycles. The van der Waals surface area contributed by atoms with E-state index in [1.165, 1.54) is 24.5 Å². The third-order valence-electron chi connectivity index (χ3n) is 5.12. The minimum Gasteiger partial charge on any atom is -0.479 e. The summed E-state index contributed by atoms with van der Waals surface area (Å²) in [5.74, 6) is -0.115. The lowest BCUT2D eigenvalue weighted by atomic mass is 10.1. The smallest absolute Gasteiger partial charge is 0.260 e. The van der Waals surface area contributed by atoms with Gasteiger partial charge in [-0.25, -0.2) is 18.6 Å². The van der Waals surface area contributed by atoms with Crippen molar-refractivity contribution in [3.05, 3.63) is 48.0 Å². The van der Waals surface area contributed by atoms with Crippen molar-refractivity contribution in [3.8, 4) is 5.75 Å². The Balaban J connectivity index is 1.96. The molecule has 0 fully saturated rings. The SMILES string of the molecule is CCC(C)NC(=O)[C@@H](C)Oc1cc(F)ccc1Nc1ncnc2cc(N=S(C)(C)=O)cc(C)c12. The highest BCUT2D eigenvalue weighted by Gasteiger charge is 2.19. The van der Waals surface area contributed by atoms with Gasteiger partial charge in [-0.2, -0.15) is 4.36 Å². The number of rotatable bonds is 8. The molecule has 0 bridgehead atoms. The van der Waals surface area contributed by atoms with Crippen molar-refractivity contribution in [2.45, 2.75) is 46.3 Å². The van der Waals surface area contributed by atoms with Crippen molar-refractivity contribution < 1.29 is 18.1 Å². The number of aromatic nitrogens is 2. The van der Waals surface area contributed by atoms with Crippen LogP contribution in [0.1, 0.15) is 32.8 Å². The summed E-state index contributed by atoms with van der Waals surface area (Å²) in [6.45, 7) is 7.37. The summed E-state index contributed by atoms with van der Waals surface area (Å²) in [5.41, 5.74) is 2.46. The normalized spacial score (nSPS) is 13.3. The number of carbonyl (C=O) groups excluding carboxylic acids is 1. The third kappa shape index (κ3) is 6.40. The summed E-state index contributed by atoms with van der Waals surface area (Å²) >= 11 is 0. The zero-order valence-electron chi connectivity index (χ0n) is 20.2. The van der Waals surface area contributed by atoms with Gasteiger partial charge in [-0.3, -0.25) is 4.79 Å². The molecule has 0 aliphatic carbocycles. The number of aryl methyl sites for hydroxylation is 1. The lowest BCUT2D eigenvalue weighted by Gasteiger charge is -2.20. The molecule has 8 nitrogen and oxygen atoms in total. The molecule has 2 atom stereocenters. The predicted molar refractivity (Wildman–Crippen MR) is 134 cm³/mol. The van der Waals surface area contributed by atoms with Crippen LogP contribution in [0.2, 0.25) is 0 Å². The Morgan fingerprint density at radius 3 is 2.62 bits per heavy atom. The Bertz CT molecular complexity index is 1330. The fourth-order valence-corrected chi connectivity index (χ4v) is 3.92. The fraction of sp³-hybridized carbons (Fsp3) is 0.375. The Labute approximate surface area is 199 Å². The monoisotopic (exact) mass is 487 g/mol. The average Bonchev–Trinajstić information content (AvgIpc) is 2.74. The average molecular weight is 488 g/mol. The third-order valence-corrected chi connectivity index (χ3v) is 5.77. The van der Waals surface area contributed by atoms with E-state index in [1.54, 1.807) is 25.5 Å². The van der Waals surface area contributed by atoms with Crippen LogP contribution < -0.4 is 15.4 Å². The Morgan fingerprint density at radius 2 is 1.94 bits per heavy atom. The Morgan fingerprint density at radius 1 is 1.21 bits per heavy atom. The first-order valence-corrected chi connectivity index (χ1v) is 13.3. The van der Waals surface area contributed by atoms with Crippen LogP contribution in [0, 0.1) is 12.7 Å². The first-order chi connectivity index (χ1) is 16.0. The highest BCUT2D eigenvalue weighted by molar-refractivity contribution is 7.92. The number of fused-ring (bicyclic) bond motifs is 1. The zero-order chi connectivity index (χ0) is 25.0. The van der Waals surface area contributed by atoms with Gasteiger partial charge in [0.05, 0.1) is 16.9 Å². The summed E-state index contributed by atoms with van der Waals surface area (Å²) in [5, 5.41) is 6.78.